The highest BCUT2D eigenvalue weighted by atomic mass is 79.9. The molecule has 6 heteroatoms. The van der Waals surface area contributed by atoms with Crippen LogP contribution in [0.4, 0.5) is 0 Å². The van der Waals surface area contributed by atoms with E-state index in [1.807, 2.05) is 30.3 Å². The van der Waals surface area contributed by atoms with Crippen molar-refractivity contribution < 1.29 is 9.84 Å². The lowest BCUT2D eigenvalue weighted by Crippen LogP contribution is -2.32. The van der Waals surface area contributed by atoms with Gasteiger partial charge in [-0.05, 0) is 35.2 Å². The average Bonchev–Trinajstić information content (AvgIpc) is 3.23. The predicted molar refractivity (Wildman–Crippen MR) is 113 cm³/mol. The van der Waals surface area contributed by atoms with Gasteiger partial charge in [0.25, 0.3) is 0 Å². The molecule has 1 aliphatic rings. The van der Waals surface area contributed by atoms with Crippen LogP contribution in [0.25, 0.3) is 0 Å². The summed E-state index contributed by atoms with van der Waals surface area (Å²) in [7, 11) is 1.57. The fourth-order valence-electron chi connectivity index (χ4n) is 3.30. The van der Waals surface area contributed by atoms with Crippen LogP contribution in [0.2, 0.25) is 0 Å². The van der Waals surface area contributed by atoms with Crippen molar-refractivity contribution in [2.45, 2.75) is 18.6 Å². The van der Waals surface area contributed by atoms with Gasteiger partial charge in [0.15, 0.2) is 11.5 Å². The Bertz CT molecular complexity index is 955. The minimum absolute atomic E-state index is 0.0663. The quantitative estimate of drug-likeness (QED) is 0.564. The highest BCUT2D eigenvalue weighted by molar-refractivity contribution is 9.10. The molecule has 2 N–H and O–H groups in total. The Kier molecular flexibility index (Phi) is 5.29. The van der Waals surface area contributed by atoms with Gasteiger partial charge in [-0.15, -0.1) is 11.3 Å². The fraction of sp³-hybridized carbons (Fsp3) is 0.190. The van der Waals surface area contributed by atoms with E-state index < -0.39 is 0 Å². The molecular weight excluding hydrogens is 424 g/mol. The minimum atomic E-state index is -0.145. The van der Waals surface area contributed by atoms with Gasteiger partial charge in [-0.1, -0.05) is 46.3 Å². The smallest absolute Gasteiger partial charge is 0.162 e. The number of phenols is 1. The lowest BCUT2D eigenvalue weighted by molar-refractivity contribution is 0.361. The van der Waals surface area contributed by atoms with Crippen molar-refractivity contribution >= 4 is 33.0 Å². The number of nitrogens with zero attached hydrogens (tertiary/aromatic N) is 1. The van der Waals surface area contributed by atoms with Crippen LogP contribution in [-0.4, -0.2) is 17.9 Å². The molecule has 2 heterocycles. The second-order valence-electron chi connectivity index (χ2n) is 6.32. The Morgan fingerprint density at radius 3 is 2.67 bits per heavy atom. The van der Waals surface area contributed by atoms with Crippen LogP contribution in [0.1, 0.15) is 34.6 Å². The summed E-state index contributed by atoms with van der Waals surface area (Å²) < 4.78 is 6.33. The van der Waals surface area contributed by atoms with Gasteiger partial charge in [-0.3, -0.25) is 10.3 Å². The Morgan fingerprint density at radius 2 is 1.96 bits per heavy atom. The highest BCUT2D eigenvalue weighted by Gasteiger charge is 2.28. The number of thiophene rings is 1. The van der Waals surface area contributed by atoms with Gasteiger partial charge in [-0.2, -0.15) is 0 Å². The number of methoxy groups -OCH3 is 1. The number of aromatic hydroxyl groups is 1. The van der Waals surface area contributed by atoms with Gasteiger partial charge >= 0.3 is 0 Å². The van der Waals surface area contributed by atoms with E-state index in [2.05, 4.69) is 44.8 Å². The molecule has 3 aromatic rings. The predicted octanol–water partition coefficient (Wildman–Crippen LogP) is 5.45. The molecule has 2 aromatic carbocycles. The van der Waals surface area contributed by atoms with Crippen LogP contribution in [0, 0.1) is 0 Å². The van der Waals surface area contributed by atoms with E-state index in [0.717, 1.165) is 26.2 Å². The molecule has 27 heavy (non-hydrogen) atoms. The zero-order valence-electron chi connectivity index (χ0n) is 14.7. The van der Waals surface area contributed by atoms with E-state index in [0.29, 0.717) is 12.2 Å². The van der Waals surface area contributed by atoms with E-state index in [1.165, 1.54) is 0 Å². The number of phenolic OH excluding ortho intramolecular Hbond substituents is 1. The third-order valence-electron chi connectivity index (χ3n) is 4.66. The number of nitrogens with one attached hydrogen (secondary N) is 1. The average molecular weight is 443 g/mol. The van der Waals surface area contributed by atoms with Crippen molar-refractivity contribution in [1.82, 2.24) is 5.32 Å². The van der Waals surface area contributed by atoms with Crippen LogP contribution < -0.4 is 10.1 Å². The summed E-state index contributed by atoms with van der Waals surface area (Å²) in [5.74, 6) is 0.661. The van der Waals surface area contributed by atoms with Crippen molar-refractivity contribution in [3.05, 3.63) is 80.5 Å². The molecule has 0 saturated carbocycles. The van der Waals surface area contributed by atoms with E-state index >= 15 is 0 Å². The van der Waals surface area contributed by atoms with E-state index in [4.69, 9.17) is 9.73 Å². The maximum atomic E-state index is 10.6. The van der Waals surface area contributed by atoms with Crippen LogP contribution in [0.5, 0.6) is 11.5 Å². The SMILES string of the molecule is COc1cccc([C@@H]2CC(c3ccc(Br)cc3)=N[C@H](c3cccs3)N2)c1O. The second-order valence-corrected chi connectivity index (χ2v) is 8.22. The van der Waals surface area contributed by atoms with Crippen LogP contribution >= 0.6 is 27.3 Å². The first-order valence-electron chi connectivity index (χ1n) is 8.63. The molecule has 0 fully saturated rings. The number of ether oxygens (including phenoxy) is 1. The van der Waals surface area contributed by atoms with Gasteiger partial charge in [0, 0.05) is 33.1 Å². The van der Waals surface area contributed by atoms with Gasteiger partial charge in [0.1, 0.15) is 6.17 Å². The molecule has 138 valence electrons. The molecule has 0 radical (unpaired) electrons. The molecule has 4 nitrogen and oxygen atoms in total. The van der Waals surface area contributed by atoms with Crippen LogP contribution in [0.3, 0.4) is 0 Å². The number of hydrogen-bond acceptors (Lipinski definition) is 5. The summed E-state index contributed by atoms with van der Waals surface area (Å²) in [6.07, 6.45) is 0.539. The number of halogens is 1. The van der Waals surface area contributed by atoms with E-state index in [-0.39, 0.29) is 18.0 Å². The number of para-hydroxylation sites is 1. The fourth-order valence-corrected chi connectivity index (χ4v) is 4.29. The summed E-state index contributed by atoms with van der Waals surface area (Å²) in [5.41, 5.74) is 2.93. The van der Waals surface area contributed by atoms with Gasteiger partial charge in [0.05, 0.1) is 7.11 Å². The molecule has 2 atom stereocenters. The summed E-state index contributed by atoms with van der Waals surface area (Å²) in [6.45, 7) is 0. The van der Waals surface area contributed by atoms with Crippen molar-refractivity contribution in [1.29, 1.82) is 0 Å². The van der Waals surface area contributed by atoms with Crippen LogP contribution in [-0.2, 0) is 0 Å². The Balaban J connectivity index is 1.74. The number of aliphatic imine (C=N–C) groups is 1. The highest BCUT2D eigenvalue weighted by Crippen LogP contribution is 2.39. The van der Waals surface area contributed by atoms with Gasteiger partial charge < -0.3 is 9.84 Å². The molecule has 1 aliphatic heterocycles. The van der Waals surface area contributed by atoms with Gasteiger partial charge in [-0.25, -0.2) is 0 Å². The topological polar surface area (TPSA) is 53.8 Å². The van der Waals surface area contributed by atoms with Crippen molar-refractivity contribution in [3.8, 4) is 11.5 Å². The molecule has 0 unspecified atom stereocenters. The third-order valence-corrected chi connectivity index (χ3v) is 6.11. The summed E-state index contributed by atoms with van der Waals surface area (Å²) in [6, 6.07) is 17.8. The lowest BCUT2D eigenvalue weighted by Gasteiger charge is -2.30. The van der Waals surface area contributed by atoms with Gasteiger partial charge in [0.2, 0.25) is 0 Å². The molecular formula is C21H19BrN2O2S. The third kappa shape index (κ3) is 3.78. The maximum absolute atomic E-state index is 10.6. The first-order valence-corrected chi connectivity index (χ1v) is 10.3. The normalized spacial score (nSPS) is 19.6. The Morgan fingerprint density at radius 1 is 1.15 bits per heavy atom. The molecule has 0 amide bonds. The molecule has 4 rings (SSSR count). The van der Waals surface area contributed by atoms with E-state index in [9.17, 15) is 5.11 Å². The minimum Gasteiger partial charge on any atom is -0.504 e. The molecule has 0 spiro atoms. The molecule has 0 bridgehead atoms. The standard InChI is InChI=1S/C21H19BrN2O2S/c1-26-18-5-2-4-15(20(18)25)17-12-16(13-7-9-14(22)10-8-13)23-21(24-17)19-6-3-11-27-19/h2-11,17,21,24-25H,12H2,1H3/t17-,21-/m0/s1. The maximum Gasteiger partial charge on any atom is 0.162 e. The zero-order chi connectivity index (χ0) is 18.8. The first-order chi connectivity index (χ1) is 13.2. The Hall–Kier alpha value is -2.15. The number of hydrogen-bond donors (Lipinski definition) is 2. The first kappa shape index (κ1) is 18.2. The molecule has 0 aliphatic carbocycles. The van der Waals surface area contributed by atoms with Crippen LogP contribution in [0.15, 0.2) is 69.4 Å². The largest absolute Gasteiger partial charge is 0.504 e. The lowest BCUT2D eigenvalue weighted by atomic mass is 9.94. The molecule has 0 saturated heterocycles. The number of rotatable bonds is 4. The van der Waals surface area contributed by atoms with Crippen molar-refractivity contribution in [2.75, 3.05) is 7.11 Å². The van der Waals surface area contributed by atoms with Crippen molar-refractivity contribution in [2.24, 2.45) is 4.99 Å². The van der Waals surface area contributed by atoms with E-state index in [1.54, 1.807) is 24.5 Å². The number of benzene rings is 2. The summed E-state index contributed by atoms with van der Waals surface area (Å²) >= 11 is 5.16. The second kappa shape index (κ2) is 7.84. The zero-order valence-corrected chi connectivity index (χ0v) is 17.1. The monoisotopic (exact) mass is 442 g/mol. The Labute approximate surface area is 170 Å². The summed E-state index contributed by atoms with van der Waals surface area (Å²) in [4.78, 5) is 6.11. The van der Waals surface area contributed by atoms with Crippen molar-refractivity contribution in [3.63, 3.8) is 0 Å². The molecule has 1 aromatic heterocycles. The summed E-state index contributed by atoms with van der Waals surface area (Å²) in [5, 5.41) is 16.3.